The number of nitrogens with one attached hydrogen (secondary N) is 2. The SMILES string of the molecule is CC1Oc2ccccc2N(CCC(=O)Nc2ccccc2C(=O)NCc2ccco2)C1=O. The van der Waals surface area contributed by atoms with Gasteiger partial charge >= 0.3 is 0 Å². The smallest absolute Gasteiger partial charge is 0.267 e. The second kappa shape index (κ2) is 9.38. The van der Waals surface area contributed by atoms with Crippen molar-refractivity contribution in [3.8, 4) is 5.75 Å². The molecule has 1 atom stereocenters. The lowest BCUT2D eigenvalue weighted by Crippen LogP contribution is -2.45. The molecule has 3 aromatic rings. The number of furan rings is 1. The third-order valence-corrected chi connectivity index (χ3v) is 5.09. The van der Waals surface area contributed by atoms with Gasteiger partial charge in [-0.15, -0.1) is 0 Å². The summed E-state index contributed by atoms with van der Waals surface area (Å²) in [6, 6.07) is 17.5. The minimum absolute atomic E-state index is 0.0646. The Kier molecular flexibility index (Phi) is 6.21. The molecule has 1 aliphatic heterocycles. The standard InChI is InChI=1S/C24H23N3O5/c1-16-24(30)27(20-10-4-5-11-21(20)32-16)13-12-22(28)26-19-9-3-2-8-18(19)23(29)25-15-17-7-6-14-31-17/h2-11,14,16H,12-13,15H2,1H3,(H,25,29)(H,26,28). The van der Waals surface area contributed by atoms with Gasteiger partial charge in [-0.25, -0.2) is 0 Å². The first-order valence-corrected chi connectivity index (χ1v) is 10.3. The molecule has 8 heteroatoms. The van der Waals surface area contributed by atoms with Crippen LogP contribution in [0.25, 0.3) is 0 Å². The summed E-state index contributed by atoms with van der Waals surface area (Å²) in [5, 5.41) is 5.55. The molecule has 3 amide bonds. The van der Waals surface area contributed by atoms with E-state index in [9.17, 15) is 14.4 Å². The van der Waals surface area contributed by atoms with Gasteiger partial charge in [0.05, 0.1) is 29.7 Å². The van der Waals surface area contributed by atoms with Crippen molar-refractivity contribution in [2.75, 3.05) is 16.8 Å². The average Bonchev–Trinajstić information content (AvgIpc) is 3.32. The van der Waals surface area contributed by atoms with E-state index < -0.39 is 6.10 Å². The van der Waals surface area contributed by atoms with Crippen molar-refractivity contribution in [2.45, 2.75) is 26.0 Å². The van der Waals surface area contributed by atoms with E-state index in [-0.39, 0.29) is 37.2 Å². The highest BCUT2D eigenvalue weighted by Crippen LogP contribution is 2.33. The summed E-state index contributed by atoms with van der Waals surface area (Å²) < 4.78 is 10.8. The molecule has 164 valence electrons. The first-order valence-electron chi connectivity index (χ1n) is 10.3. The first-order chi connectivity index (χ1) is 15.5. The largest absolute Gasteiger partial charge is 0.479 e. The van der Waals surface area contributed by atoms with Crippen LogP contribution in [-0.2, 0) is 16.1 Å². The number of ether oxygens (including phenoxy) is 1. The van der Waals surface area contributed by atoms with Gasteiger partial charge in [-0.3, -0.25) is 14.4 Å². The van der Waals surface area contributed by atoms with E-state index in [2.05, 4.69) is 10.6 Å². The van der Waals surface area contributed by atoms with Gasteiger partial charge < -0.3 is 24.7 Å². The molecule has 0 bridgehead atoms. The maximum absolute atomic E-state index is 12.6. The van der Waals surface area contributed by atoms with Crippen LogP contribution in [0.2, 0.25) is 0 Å². The van der Waals surface area contributed by atoms with E-state index in [0.717, 1.165) is 0 Å². The number of carbonyl (C=O) groups excluding carboxylic acids is 3. The van der Waals surface area contributed by atoms with Crippen molar-refractivity contribution >= 4 is 29.1 Å². The van der Waals surface area contributed by atoms with Crippen molar-refractivity contribution in [3.63, 3.8) is 0 Å². The van der Waals surface area contributed by atoms with Crippen molar-refractivity contribution in [2.24, 2.45) is 0 Å². The van der Waals surface area contributed by atoms with Gasteiger partial charge in [0.15, 0.2) is 6.10 Å². The summed E-state index contributed by atoms with van der Waals surface area (Å²) in [5.41, 5.74) is 1.38. The summed E-state index contributed by atoms with van der Waals surface area (Å²) in [6.45, 7) is 2.12. The Balaban J connectivity index is 1.40. The Bertz CT molecular complexity index is 1130. The van der Waals surface area contributed by atoms with Crippen LogP contribution in [0.4, 0.5) is 11.4 Å². The highest BCUT2D eigenvalue weighted by molar-refractivity contribution is 6.04. The van der Waals surface area contributed by atoms with Gasteiger partial charge in [0.25, 0.3) is 11.8 Å². The molecule has 4 rings (SSSR count). The van der Waals surface area contributed by atoms with E-state index in [1.54, 1.807) is 60.4 Å². The topological polar surface area (TPSA) is 101 Å². The molecule has 8 nitrogen and oxygen atoms in total. The Morgan fingerprint density at radius 1 is 1.03 bits per heavy atom. The molecule has 32 heavy (non-hydrogen) atoms. The molecule has 1 aromatic heterocycles. The summed E-state index contributed by atoms with van der Waals surface area (Å²) >= 11 is 0. The Morgan fingerprint density at radius 3 is 2.62 bits per heavy atom. The van der Waals surface area contributed by atoms with Crippen molar-refractivity contribution in [3.05, 3.63) is 78.3 Å². The van der Waals surface area contributed by atoms with Crippen LogP contribution in [0.1, 0.15) is 29.5 Å². The number of carbonyl (C=O) groups is 3. The Labute approximate surface area is 185 Å². The van der Waals surface area contributed by atoms with Crippen LogP contribution in [0.15, 0.2) is 71.3 Å². The molecular weight excluding hydrogens is 410 g/mol. The van der Waals surface area contributed by atoms with Gasteiger partial charge in [-0.1, -0.05) is 24.3 Å². The Morgan fingerprint density at radius 2 is 1.81 bits per heavy atom. The predicted octanol–water partition coefficient (Wildman–Crippen LogP) is 3.35. The summed E-state index contributed by atoms with van der Waals surface area (Å²) in [4.78, 5) is 39.4. The third kappa shape index (κ3) is 4.64. The van der Waals surface area contributed by atoms with Crippen LogP contribution in [0.5, 0.6) is 5.75 Å². The Hall–Kier alpha value is -4.07. The highest BCUT2D eigenvalue weighted by Gasteiger charge is 2.31. The zero-order valence-electron chi connectivity index (χ0n) is 17.5. The van der Waals surface area contributed by atoms with Crippen LogP contribution in [0, 0.1) is 0 Å². The second-order valence-corrected chi connectivity index (χ2v) is 7.32. The number of benzene rings is 2. The fourth-order valence-electron chi connectivity index (χ4n) is 3.48. The first kappa shape index (κ1) is 21.2. The zero-order chi connectivity index (χ0) is 22.5. The van der Waals surface area contributed by atoms with Crippen LogP contribution in [0.3, 0.4) is 0 Å². The zero-order valence-corrected chi connectivity index (χ0v) is 17.5. The number of amides is 3. The van der Waals surface area contributed by atoms with E-state index >= 15 is 0 Å². The molecule has 0 aliphatic carbocycles. The maximum Gasteiger partial charge on any atom is 0.267 e. The quantitative estimate of drug-likeness (QED) is 0.595. The lowest BCUT2D eigenvalue weighted by molar-refractivity contribution is -0.125. The van der Waals surface area contributed by atoms with Crippen molar-refractivity contribution < 1.29 is 23.5 Å². The summed E-state index contributed by atoms with van der Waals surface area (Å²) in [6.07, 6.45) is 0.981. The molecule has 0 saturated carbocycles. The van der Waals surface area contributed by atoms with E-state index in [1.165, 1.54) is 6.26 Å². The van der Waals surface area contributed by atoms with Crippen molar-refractivity contribution in [1.82, 2.24) is 5.32 Å². The normalized spacial score (nSPS) is 15.0. The minimum atomic E-state index is -0.619. The van der Waals surface area contributed by atoms with E-state index in [1.807, 2.05) is 12.1 Å². The maximum atomic E-state index is 12.6. The number of anilines is 2. The molecule has 0 fully saturated rings. The second-order valence-electron chi connectivity index (χ2n) is 7.32. The number of rotatable bonds is 7. The van der Waals surface area contributed by atoms with Gasteiger partial charge in [0, 0.05) is 13.0 Å². The molecule has 0 spiro atoms. The van der Waals surface area contributed by atoms with E-state index in [0.29, 0.717) is 28.4 Å². The van der Waals surface area contributed by atoms with Gasteiger partial charge in [-0.05, 0) is 43.3 Å². The lowest BCUT2D eigenvalue weighted by atomic mass is 10.1. The minimum Gasteiger partial charge on any atom is -0.479 e. The summed E-state index contributed by atoms with van der Waals surface area (Å²) in [5.74, 6) is 0.404. The highest BCUT2D eigenvalue weighted by atomic mass is 16.5. The third-order valence-electron chi connectivity index (χ3n) is 5.09. The molecule has 2 aromatic carbocycles. The number of hydrogen-bond donors (Lipinski definition) is 2. The van der Waals surface area contributed by atoms with Crippen LogP contribution < -0.4 is 20.3 Å². The average molecular weight is 433 g/mol. The van der Waals surface area contributed by atoms with Gasteiger partial charge in [0.2, 0.25) is 5.91 Å². The molecule has 1 aliphatic rings. The number of nitrogens with zero attached hydrogens (tertiary/aromatic N) is 1. The number of para-hydroxylation sites is 3. The molecule has 0 saturated heterocycles. The fraction of sp³-hybridized carbons (Fsp3) is 0.208. The number of hydrogen-bond acceptors (Lipinski definition) is 5. The molecular formula is C24H23N3O5. The van der Waals surface area contributed by atoms with Gasteiger partial charge in [-0.2, -0.15) is 0 Å². The van der Waals surface area contributed by atoms with E-state index in [4.69, 9.17) is 9.15 Å². The lowest BCUT2D eigenvalue weighted by Gasteiger charge is -2.32. The van der Waals surface area contributed by atoms with Crippen LogP contribution in [-0.4, -0.2) is 30.4 Å². The molecule has 1 unspecified atom stereocenters. The molecule has 2 N–H and O–H groups in total. The monoisotopic (exact) mass is 433 g/mol. The summed E-state index contributed by atoms with van der Waals surface area (Å²) in [7, 11) is 0. The number of fused-ring (bicyclic) bond motifs is 1. The van der Waals surface area contributed by atoms with Gasteiger partial charge in [0.1, 0.15) is 11.5 Å². The molecule has 2 heterocycles. The molecule has 0 radical (unpaired) electrons. The fourth-order valence-corrected chi connectivity index (χ4v) is 3.48. The van der Waals surface area contributed by atoms with Crippen molar-refractivity contribution in [1.29, 1.82) is 0 Å². The predicted molar refractivity (Wildman–Crippen MR) is 118 cm³/mol. The van der Waals surface area contributed by atoms with Crippen LogP contribution >= 0.6 is 0 Å².